The Morgan fingerprint density at radius 1 is 0.857 bits per heavy atom. The highest BCUT2D eigenvalue weighted by Gasteiger charge is 2.04. The van der Waals surface area contributed by atoms with Gasteiger partial charge in [-0.1, -0.05) is 42.2 Å². The van der Waals surface area contributed by atoms with Crippen LogP contribution in [0, 0.1) is 11.8 Å². The molecule has 3 aromatic rings. The molecule has 0 aliphatic rings. The van der Waals surface area contributed by atoms with Gasteiger partial charge in [0.2, 0.25) is 5.91 Å². The number of nitrogens with one attached hydrogen (secondary N) is 1. The zero-order chi connectivity index (χ0) is 19.8. The van der Waals surface area contributed by atoms with E-state index in [4.69, 9.17) is 4.74 Å². The minimum absolute atomic E-state index is 0.00447. The summed E-state index contributed by atoms with van der Waals surface area (Å²) in [6.45, 7) is 3.54. The van der Waals surface area contributed by atoms with Gasteiger partial charge in [0.05, 0.1) is 0 Å². The molecule has 1 N–H and O–H groups in total. The molecule has 0 aliphatic heterocycles. The van der Waals surface area contributed by atoms with Crippen molar-refractivity contribution in [3.63, 3.8) is 0 Å². The lowest BCUT2D eigenvalue weighted by Crippen LogP contribution is -2.31. The van der Waals surface area contributed by atoms with E-state index in [9.17, 15) is 4.79 Å². The highest BCUT2D eigenvalue weighted by Crippen LogP contribution is 2.20. The van der Waals surface area contributed by atoms with Crippen LogP contribution in [0.1, 0.15) is 30.5 Å². The zero-order valence-electron chi connectivity index (χ0n) is 16.1. The van der Waals surface area contributed by atoms with Crippen LogP contribution in [-0.4, -0.2) is 11.9 Å². The van der Waals surface area contributed by atoms with Gasteiger partial charge >= 0.3 is 0 Å². The molecule has 3 aromatic carbocycles. The average molecular weight is 369 g/mol. The normalized spacial score (nSPS) is 11.1. The Bertz CT molecular complexity index is 965. The van der Waals surface area contributed by atoms with Crippen LogP contribution >= 0.6 is 0 Å². The molecule has 0 aliphatic carbocycles. The van der Waals surface area contributed by atoms with Crippen molar-refractivity contribution in [1.29, 1.82) is 0 Å². The van der Waals surface area contributed by atoms with Crippen molar-refractivity contribution < 1.29 is 9.53 Å². The summed E-state index contributed by atoms with van der Waals surface area (Å²) >= 11 is 0. The Kier molecular flexibility index (Phi) is 6.49. The topological polar surface area (TPSA) is 38.3 Å². The second-order valence-corrected chi connectivity index (χ2v) is 6.69. The predicted octanol–water partition coefficient (Wildman–Crippen LogP) is 4.95. The summed E-state index contributed by atoms with van der Waals surface area (Å²) < 4.78 is 5.79. The Labute approximate surface area is 166 Å². The van der Waals surface area contributed by atoms with Gasteiger partial charge in [-0.3, -0.25) is 4.79 Å². The van der Waals surface area contributed by atoms with Crippen molar-refractivity contribution in [2.75, 3.05) is 0 Å². The maximum Gasteiger partial charge on any atom is 0.217 e. The van der Waals surface area contributed by atoms with E-state index in [2.05, 4.69) is 29.3 Å². The summed E-state index contributed by atoms with van der Waals surface area (Å²) in [5.41, 5.74) is 3.07. The molecule has 140 valence electrons. The number of amides is 1. The number of para-hydroxylation sites is 1. The number of carbonyl (C=O) groups is 1. The molecule has 0 bridgehead atoms. The highest BCUT2D eigenvalue weighted by molar-refractivity contribution is 5.73. The number of rotatable bonds is 5. The summed E-state index contributed by atoms with van der Waals surface area (Å²) in [6.07, 6.45) is 0.802. The highest BCUT2D eigenvalue weighted by atomic mass is 16.5. The lowest BCUT2D eigenvalue weighted by atomic mass is 10.0. The fourth-order valence-electron chi connectivity index (χ4n) is 2.85. The Morgan fingerprint density at radius 2 is 1.39 bits per heavy atom. The molecule has 0 spiro atoms. The van der Waals surface area contributed by atoms with E-state index >= 15 is 0 Å². The van der Waals surface area contributed by atoms with Gasteiger partial charge in [0, 0.05) is 24.1 Å². The first kappa shape index (κ1) is 19.3. The van der Waals surface area contributed by atoms with Gasteiger partial charge in [-0.15, -0.1) is 0 Å². The van der Waals surface area contributed by atoms with Gasteiger partial charge in [-0.25, -0.2) is 0 Å². The number of benzene rings is 3. The lowest BCUT2D eigenvalue weighted by molar-refractivity contribution is -0.119. The molecular weight excluding hydrogens is 346 g/mol. The Balaban J connectivity index is 1.59. The van der Waals surface area contributed by atoms with Crippen LogP contribution in [0.4, 0.5) is 0 Å². The van der Waals surface area contributed by atoms with Crippen LogP contribution in [0.3, 0.4) is 0 Å². The maximum atomic E-state index is 11.1. The van der Waals surface area contributed by atoms with E-state index < -0.39 is 0 Å². The summed E-state index contributed by atoms with van der Waals surface area (Å²) in [7, 11) is 0. The third-order valence-electron chi connectivity index (χ3n) is 4.13. The predicted molar refractivity (Wildman–Crippen MR) is 112 cm³/mol. The second-order valence-electron chi connectivity index (χ2n) is 6.69. The minimum atomic E-state index is -0.00447. The molecular formula is C25H23NO2. The van der Waals surface area contributed by atoms with Crippen LogP contribution in [0.25, 0.3) is 0 Å². The van der Waals surface area contributed by atoms with Crippen molar-refractivity contribution in [3.05, 3.63) is 95.6 Å². The summed E-state index contributed by atoms with van der Waals surface area (Å²) in [5.74, 6) is 7.95. The SMILES string of the molecule is CC(=O)NC(C)Cc1ccc(C#Cc2ccc(Oc3ccccc3)cc2)cc1. The van der Waals surface area contributed by atoms with Crippen molar-refractivity contribution in [2.45, 2.75) is 26.3 Å². The number of ether oxygens (including phenoxy) is 1. The van der Waals surface area contributed by atoms with Gasteiger partial charge in [-0.2, -0.15) is 0 Å². The number of carbonyl (C=O) groups excluding carboxylic acids is 1. The van der Waals surface area contributed by atoms with Crippen molar-refractivity contribution in [2.24, 2.45) is 0 Å². The van der Waals surface area contributed by atoms with E-state index in [-0.39, 0.29) is 11.9 Å². The first-order chi connectivity index (χ1) is 13.6. The van der Waals surface area contributed by atoms with E-state index in [1.165, 1.54) is 12.5 Å². The molecule has 0 saturated carbocycles. The second kappa shape index (κ2) is 9.43. The molecule has 0 radical (unpaired) electrons. The van der Waals surface area contributed by atoms with Crippen LogP contribution in [-0.2, 0) is 11.2 Å². The van der Waals surface area contributed by atoms with Gasteiger partial charge in [0.1, 0.15) is 11.5 Å². The first-order valence-electron chi connectivity index (χ1n) is 9.29. The summed E-state index contributed by atoms with van der Waals surface area (Å²) in [5, 5.41) is 2.90. The van der Waals surface area contributed by atoms with E-state index in [1.54, 1.807) is 0 Å². The fourth-order valence-corrected chi connectivity index (χ4v) is 2.85. The molecule has 0 heterocycles. The average Bonchev–Trinajstić information content (AvgIpc) is 2.69. The summed E-state index contributed by atoms with van der Waals surface area (Å²) in [4.78, 5) is 11.1. The number of hydrogen-bond donors (Lipinski definition) is 1. The summed E-state index contributed by atoms with van der Waals surface area (Å²) in [6, 6.07) is 25.7. The van der Waals surface area contributed by atoms with Crippen molar-refractivity contribution >= 4 is 5.91 Å². The van der Waals surface area contributed by atoms with Crippen LogP contribution in [0.2, 0.25) is 0 Å². The van der Waals surface area contributed by atoms with Gasteiger partial charge in [-0.05, 0) is 67.4 Å². The lowest BCUT2D eigenvalue weighted by Gasteiger charge is -2.12. The molecule has 28 heavy (non-hydrogen) atoms. The molecule has 0 aromatic heterocycles. The van der Waals surface area contributed by atoms with Crippen molar-refractivity contribution in [1.82, 2.24) is 5.32 Å². The van der Waals surface area contributed by atoms with Crippen LogP contribution < -0.4 is 10.1 Å². The van der Waals surface area contributed by atoms with Gasteiger partial charge < -0.3 is 10.1 Å². The van der Waals surface area contributed by atoms with Crippen LogP contribution in [0.5, 0.6) is 11.5 Å². The number of hydrogen-bond acceptors (Lipinski definition) is 2. The zero-order valence-corrected chi connectivity index (χ0v) is 16.1. The first-order valence-corrected chi connectivity index (χ1v) is 9.29. The van der Waals surface area contributed by atoms with Crippen LogP contribution in [0.15, 0.2) is 78.9 Å². The molecule has 0 fully saturated rings. The molecule has 3 heteroatoms. The van der Waals surface area contributed by atoms with Gasteiger partial charge in [0.15, 0.2) is 0 Å². The van der Waals surface area contributed by atoms with E-state index in [1.807, 2.05) is 73.7 Å². The third kappa shape index (κ3) is 6.03. The smallest absolute Gasteiger partial charge is 0.217 e. The fraction of sp³-hybridized carbons (Fsp3) is 0.160. The van der Waals surface area contributed by atoms with E-state index in [0.717, 1.165) is 29.0 Å². The third-order valence-corrected chi connectivity index (χ3v) is 4.13. The minimum Gasteiger partial charge on any atom is -0.457 e. The molecule has 1 unspecified atom stereocenters. The molecule has 1 amide bonds. The molecule has 0 saturated heterocycles. The molecule has 3 nitrogen and oxygen atoms in total. The quantitative estimate of drug-likeness (QED) is 0.647. The van der Waals surface area contributed by atoms with Gasteiger partial charge in [0.25, 0.3) is 0 Å². The van der Waals surface area contributed by atoms with Crippen molar-refractivity contribution in [3.8, 4) is 23.3 Å². The molecule has 3 rings (SSSR count). The standard InChI is InChI=1S/C25H23NO2/c1-19(26-20(2)27)18-23-12-10-21(11-13-23)8-9-22-14-16-25(17-15-22)28-24-6-4-3-5-7-24/h3-7,10-17,19H,18H2,1-2H3,(H,26,27). The largest absolute Gasteiger partial charge is 0.457 e. The Morgan fingerprint density at radius 3 is 1.96 bits per heavy atom. The molecule has 1 atom stereocenters. The Hall–Kier alpha value is -3.51. The van der Waals surface area contributed by atoms with E-state index in [0.29, 0.717) is 0 Å². The monoisotopic (exact) mass is 369 g/mol. The maximum absolute atomic E-state index is 11.1.